The monoisotopic (exact) mass is 424 g/mol. The predicted octanol–water partition coefficient (Wildman–Crippen LogP) is 4.27. The molecule has 5 nitrogen and oxygen atoms in total. The third-order valence-corrected chi connectivity index (χ3v) is 7.68. The summed E-state index contributed by atoms with van der Waals surface area (Å²) in [7, 11) is 0. The minimum Gasteiger partial charge on any atom is -0.376 e. The van der Waals surface area contributed by atoms with Crippen LogP contribution in [0.3, 0.4) is 0 Å². The van der Waals surface area contributed by atoms with Crippen molar-refractivity contribution in [1.29, 1.82) is 0 Å². The Labute approximate surface area is 181 Å². The number of ether oxygens (including phenoxy) is 1. The molecule has 0 radical (unpaired) electrons. The van der Waals surface area contributed by atoms with Gasteiger partial charge in [0, 0.05) is 29.6 Å². The van der Waals surface area contributed by atoms with Crippen LogP contribution in [-0.4, -0.2) is 42.0 Å². The van der Waals surface area contributed by atoms with E-state index in [0.717, 1.165) is 55.6 Å². The van der Waals surface area contributed by atoms with Crippen molar-refractivity contribution in [3.63, 3.8) is 0 Å². The van der Waals surface area contributed by atoms with Crippen LogP contribution in [0.4, 0.5) is 0 Å². The maximum absolute atomic E-state index is 13.6. The third kappa shape index (κ3) is 3.56. The minimum absolute atomic E-state index is 0.00755. The summed E-state index contributed by atoms with van der Waals surface area (Å²) in [5.74, 6) is -0.342. The average molecular weight is 425 g/mol. The summed E-state index contributed by atoms with van der Waals surface area (Å²) in [6, 6.07) is 11.7. The second-order valence-corrected chi connectivity index (χ2v) is 9.54. The fraction of sp³-hybridized carbons (Fsp3) is 0.500. The lowest BCUT2D eigenvalue weighted by Crippen LogP contribution is -2.51. The number of amides is 2. The van der Waals surface area contributed by atoms with Crippen molar-refractivity contribution in [2.75, 3.05) is 13.2 Å². The van der Waals surface area contributed by atoms with E-state index in [1.54, 1.807) is 11.3 Å². The van der Waals surface area contributed by atoms with Crippen LogP contribution >= 0.6 is 11.3 Å². The number of carbonyl (C=O) groups is 2. The van der Waals surface area contributed by atoms with Gasteiger partial charge in [-0.2, -0.15) is 0 Å². The maximum atomic E-state index is 13.6. The summed E-state index contributed by atoms with van der Waals surface area (Å²) >= 11 is 1.63. The number of hydrogen-bond donors (Lipinski definition) is 1. The number of carbonyl (C=O) groups excluding carboxylic acids is 2. The summed E-state index contributed by atoms with van der Waals surface area (Å²) in [5.41, 5.74) is 1.52. The molecular formula is C24H28N2O3S. The Morgan fingerprint density at radius 2 is 1.93 bits per heavy atom. The van der Waals surface area contributed by atoms with Crippen molar-refractivity contribution in [2.24, 2.45) is 0 Å². The van der Waals surface area contributed by atoms with E-state index in [-0.39, 0.29) is 30.0 Å². The Balaban J connectivity index is 1.54. The Morgan fingerprint density at radius 3 is 2.67 bits per heavy atom. The second-order valence-electron chi connectivity index (χ2n) is 8.56. The van der Waals surface area contributed by atoms with Crippen molar-refractivity contribution < 1.29 is 14.3 Å². The van der Waals surface area contributed by atoms with Crippen LogP contribution in [0.2, 0.25) is 0 Å². The van der Waals surface area contributed by atoms with Crippen LogP contribution < -0.4 is 5.32 Å². The first-order valence-electron chi connectivity index (χ1n) is 11.1. The molecule has 0 spiro atoms. The van der Waals surface area contributed by atoms with Gasteiger partial charge in [-0.25, -0.2) is 0 Å². The first kappa shape index (κ1) is 19.8. The first-order valence-corrected chi connectivity index (χ1v) is 12.0. The SMILES string of the molecule is O=C(NCC1CCCO1)C1c2ccccc2C(=O)N(C2CCCC2)C1c1cccs1. The van der Waals surface area contributed by atoms with Gasteiger partial charge < -0.3 is 15.0 Å². The molecule has 0 bridgehead atoms. The van der Waals surface area contributed by atoms with Gasteiger partial charge >= 0.3 is 0 Å². The van der Waals surface area contributed by atoms with Crippen LogP contribution in [0, 0.1) is 0 Å². The van der Waals surface area contributed by atoms with Crippen molar-refractivity contribution in [3.8, 4) is 0 Å². The molecule has 6 heteroatoms. The normalized spacial score (nSPS) is 26.7. The second kappa shape index (κ2) is 8.52. The highest BCUT2D eigenvalue weighted by Gasteiger charge is 2.47. The van der Waals surface area contributed by atoms with E-state index in [2.05, 4.69) is 11.4 Å². The zero-order valence-corrected chi connectivity index (χ0v) is 17.9. The zero-order valence-electron chi connectivity index (χ0n) is 17.1. The minimum atomic E-state index is -0.403. The lowest BCUT2D eigenvalue weighted by Gasteiger charge is -2.44. The standard InChI is InChI=1S/C24H28N2O3S/c27-23(25-15-17-9-5-13-29-17)21-18-10-3-4-11-19(18)24(28)26(16-7-1-2-8-16)22(21)20-12-6-14-30-20/h3-4,6,10-12,14,16-17,21-22H,1-2,5,7-9,13,15H2,(H,25,27). The molecule has 2 fully saturated rings. The van der Waals surface area contributed by atoms with Crippen LogP contribution in [0.15, 0.2) is 41.8 Å². The summed E-state index contributed by atoms with van der Waals surface area (Å²) in [6.07, 6.45) is 6.45. The molecule has 1 aromatic heterocycles. The van der Waals surface area contributed by atoms with Crippen LogP contribution in [-0.2, 0) is 9.53 Å². The highest BCUT2D eigenvalue weighted by Crippen LogP contribution is 2.47. The summed E-state index contributed by atoms with van der Waals surface area (Å²) in [4.78, 5) is 30.3. The lowest BCUT2D eigenvalue weighted by atomic mass is 9.80. The summed E-state index contributed by atoms with van der Waals surface area (Å²) in [5, 5.41) is 5.19. The zero-order chi connectivity index (χ0) is 20.5. The van der Waals surface area contributed by atoms with Gasteiger partial charge in [-0.15, -0.1) is 11.3 Å². The number of thiophene rings is 1. The topological polar surface area (TPSA) is 58.6 Å². The molecule has 1 saturated heterocycles. The fourth-order valence-electron chi connectivity index (χ4n) is 5.31. The largest absolute Gasteiger partial charge is 0.376 e. The number of nitrogens with zero attached hydrogens (tertiary/aromatic N) is 1. The number of benzene rings is 1. The highest BCUT2D eigenvalue weighted by molar-refractivity contribution is 7.10. The Bertz CT molecular complexity index is 901. The summed E-state index contributed by atoms with van der Waals surface area (Å²) in [6.45, 7) is 1.31. The van der Waals surface area contributed by atoms with Gasteiger partial charge in [-0.05, 0) is 48.8 Å². The number of nitrogens with one attached hydrogen (secondary N) is 1. The molecule has 3 unspecified atom stereocenters. The van der Waals surface area contributed by atoms with E-state index in [9.17, 15) is 9.59 Å². The van der Waals surface area contributed by atoms with Crippen molar-refractivity contribution >= 4 is 23.2 Å². The maximum Gasteiger partial charge on any atom is 0.254 e. The third-order valence-electron chi connectivity index (χ3n) is 6.74. The van der Waals surface area contributed by atoms with E-state index in [4.69, 9.17) is 4.74 Å². The quantitative estimate of drug-likeness (QED) is 0.780. The molecule has 3 atom stereocenters. The Kier molecular flexibility index (Phi) is 5.61. The van der Waals surface area contributed by atoms with E-state index < -0.39 is 5.92 Å². The molecule has 1 aromatic carbocycles. The Morgan fingerprint density at radius 1 is 1.10 bits per heavy atom. The molecule has 158 valence electrons. The smallest absolute Gasteiger partial charge is 0.254 e. The molecule has 3 heterocycles. The van der Waals surface area contributed by atoms with E-state index in [0.29, 0.717) is 12.1 Å². The number of hydrogen-bond acceptors (Lipinski definition) is 4. The highest BCUT2D eigenvalue weighted by atomic mass is 32.1. The molecule has 2 amide bonds. The first-order chi connectivity index (χ1) is 14.7. The van der Waals surface area contributed by atoms with Gasteiger partial charge in [0.05, 0.1) is 18.1 Å². The molecule has 30 heavy (non-hydrogen) atoms. The van der Waals surface area contributed by atoms with Crippen molar-refractivity contribution in [1.82, 2.24) is 10.2 Å². The molecule has 5 rings (SSSR count). The van der Waals surface area contributed by atoms with Crippen LogP contribution in [0.25, 0.3) is 0 Å². The van der Waals surface area contributed by atoms with Crippen LogP contribution in [0.1, 0.15) is 71.3 Å². The molecule has 1 saturated carbocycles. The Hall–Kier alpha value is -2.18. The summed E-state index contributed by atoms with van der Waals surface area (Å²) < 4.78 is 5.70. The average Bonchev–Trinajstić information content (AvgIpc) is 3.55. The number of rotatable bonds is 5. The molecule has 2 aromatic rings. The lowest BCUT2D eigenvalue weighted by molar-refractivity contribution is -0.125. The van der Waals surface area contributed by atoms with Crippen molar-refractivity contribution in [3.05, 3.63) is 57.8 Å². The van der Waals surface area contributed by atoms with Crippen molar-refractivity contribution in [2.45, 2.75) is 62.6 Å². The van der Waals surface area contributed by atoms with Gasteiger partial charge in [0.2, 0.25) is 5.91 Å². The van der Waals surface area contributed by atoms with Gasteiger partial charge in [-0.1, -0.05) is 37.1 Å². The van der Waals surface area contributed by atoms with Gasteiger partial charge in [0.25, 0.3) is 5.91 Å². The van der Waals surface area contributed by atoms with E-state index in [1.807, 2.05) is 40.6 Å². The molecular weight excluding hydrogens is 396 g/mol. The van der Waals surface area contributed by atoms with Gasteiger partial charge in [0.1, 0.15) is 0 Å². The molecule has 2 aliphatic heterocycles. The van der Waals surface area contributed by atoms with E-state index in [1.165, 1.54) is 0 Å². The molecule has 1 aliphatic carbocycles. The molecule has 1 N–H and O–H groups in total. The molecule has 3 aliphatic rings. The van der Waals surface area contributed by atoms with Crippen LogP contribution in [0.5, 0.6) is 0 Å². The van der Waals surface area contributed by atoms with Gasteiger partial charge in [-0.3, -0.25) is 9.59 Å². The van der Waals surface area contributed by atoms with E-state index >= 15 is 0 Å². The fourth-order valence-corrected chi connectivity index (χ4v) is 6.17. The van der Waals surface area contributed by atoms with Gasteiger partial charge in [0.15, 0.2) is 0 Å². The number of fused-ring (bicyclic) bond motifs is 1. The predicted molar refractivity (Wildman–Crippen MR) is 117 cm³/mol.